The van der Waals surface area contributed by atoms with Gasteiger partial charge in [0.1, 0.15) is 5.76 Å². The molecule has 0 saturated carbocycles. The van der Waals surface area contributed by atoms with Crippen LogP contribution in [0, 0.1) is 5.92 Å². The van der Waals surface area contributed by atoms with Gasteiger partial charge in [-0.15, -0.1) is 0 Å². The highest BCUT2D eigenvalue weighted by molar-refractivity contribution is 9.13. The molecule has 90 valence electrons. The average molecular weight is 352 g/mol. The van der Waals surface area contributed by atoms with Crippen molar-refractivity contribution in [1.29, 1.82) is 0 Å². The second-order valence-corrected chi connectivity index (χ2v) is 6.07. The van der Waals surface area contributed by atoms with Crippen molar-refractivity contribution in [3.63, 3.8) is 0 Å². The number of halogens is 2. The molecule has 0 radical (unpaired) electrons. The van der Waals surface area contributed by atoms with Crippen molar-refractivity contribution < 1.29 is 4.42 Å². The van der Waals surface area contributed by atoms with E-state index in [0.717, 1.165) is 34.5 Å². The molecular formula is C11H16Br2N2O. The second kappa shape index (κ2) is 5.21. The van der Waals surface area contributed by atoms with E-state index in [1.54, 1.807) is 0 Å². The van der Waals surface area contributed by atoms with Crippen LogP contribution in [0.1, 0.15) is 19.1 Å². The molecule has 2 rings (SSSR count). The number of furan rings is 1. The molecule has 1 aliphatic rings. The summed E-state index contributed by atoms with van der Waals surface area (Å²) >= 11 is 6.76. The minimum Gasteiger partial charge on any atom is -0.452 e. The van der Waals surface area contributed by atoms with Gasteiger partial charge in [0.2, 0.25) is 0 Å². The molecule has 1 aromatic heterocycles. The monoisotopic (exact) mass is 350 g/mol. The van der Waals surface area contributed by atoms with Crippen LogP contribution >= 0.6 is 31.9 Å². The molecule has 2 atom stereocenters. The zero-order chi connectivity index (χ0) is 11.7. The number of nitrogens with zero attached hydrogens (tertiary/aromatic N) is 1. The van der Waals surface area contributed by atoms with Gasteiger partial charge in [-0.2, -0.15) is 0 Å². The number of hydrogen-bond acceptors (Lipinski definition) is 3. The van der Waals surface area contributed by atoms with E-state index in [1.165, 1.54) is 6.42 Å². The molecule has 0 bridgehead atoms. The smallest absolute Gasteiger partial charge is 0.183 e. The summed E-state index contributed by atoms with van der Waals surface area (Å²) in [5.41, 5.74) is 6.07. The fourth-order valence-corrected chi connectivity index (χ4v) is 2.66. The van der Waals surface area contributed by atoms with Crippen LogP contribution < -0.4 is 5.73 Å². The van der Waals surface area contributed by atoms with Gasteiger partial charge in [-0.3, -0.25) is 4.90 Å². The van der Waals surface area contributed by atoms with Crippen LogP contribution in [0.4, 0.5) is 0 Å². The summed E-state index contributed by atoms with van der Waals surface area (Å²) in [5.74, 6) is 1.60. The number of hydrogen-bond donors (Lipinski definition) is 1. The number of nitrogens with two attached hydrogens (primary N) is 1. The SMILES string of the molecule is CC1CCN(Cc2cc(Br)c(Br)o2)CC1N. The molecule has 1 fully saturated rings. The Hall–Kier alpha value is 0.160. The molecular weight excluding hydrogens is 336 g/mol. The lowest BCUT2D eigenvalue weighted by molar-refractivity contribution is 0.152. The lowest BCUT2D eigenvalue weighted by atomic mass is 9.94. The van der Waals surface area contributed by atoms with E-state index < -0.39 is 0 Å². The lowest BCUT2D eigenvalue weighted by Crippen LogP contribution is -2.47. The summed E-state index contributed by atoms with van der Waals surface area (Å²) in [5, 5.41) is 0. The fourth-order valence-electron chi connectivity index (χ4n) is 2.00. The van der Waals surface area contributed by atoms with Gasteiger partial charge in [0.05, 0.1) is 11.0 Å². The Morgan fingerprint density at radius 3 is 2.88 bits per heavy atom. The van der Waals surface area contributed by atoms with Crippen molar-refractivity contribution in [2.45, 2.75) is 25.9 Å². The average Bonchev–Trinajstić information content (AvgIpc) is 2.52. The Labute approximate surface area is 113 Å². The molecule has 2 heterocycles. The molecule has 3 nitrogen and oxygen atoms in total. The van der Waals surface area contributed by atoms with Crippen molar-refractivity contribution >= 4 is 31.9 Å². The van der Waals surface area contributed by atoms with E-state index in [0.29, 0.717) is 5.92 Å². The maximum atomic E-state index is 6.07. The normalized spacial score (nSPS) is 27.2. The van der Waals surface area contributed by atoms with Crippen LogP contribution in [-0.4, -0.2) is 24.0 Å². The molecule has 16 heavy (non-hydrogen) atoms. The first-order chi connectivity index (χ1) is 7.56. The summed E-state index contributed by atoms with van der Waals surface area (Å²) in [6.07, 6.45) is 1.17. The van der Waals surface area contributed by atoms with E-state index in [1.807, 2.05) is 6.07 Å². The zero-order valence-electron chi connectivity index (χ0n) is 9.25. The zero-order valence-corrected chi connectivity index (χ0v) is 12.4. The van der Waals surface area contributed by atoms with E-state index in [2.05, 4.69) is 43.7 Å². The van der Waals surface area contributed by atoms with Crippen LogP contribution in [0.25, 0.3) is 0 Å². The molecule has 0 aliphatic carbocycles. The van der Waals surface area contributed by atoms with Gasteiger partial charge < -0.3 is 10.2 Å². The summed E-state index contributed by atoms with van der Waals surface area (Å²) in [6.45, 7) is 5.12. The van der Waals surface area contributed by atoms with Crippen LogP contribution in [0.3, 0.4) is 0 Å². The molecule has 2 unspecified atom stereocenters. The Morgan fingerprint density at radius 1 is 1.56 bits per heavy atom. The molecule has 1 aromatic rings. The van der Waals surface area contributed by atoms with Gasteiger partial charge in [-0.05, 0) is 56.8 Å². The van der Waals surface area contributed by atoms with Crippen LogP contribution in [0.15, 0.2) is 19.6 Å². The number of likely N-dealkylation sites (tertiary alicyclic amines) is 1. The van der Waals surface area contributed by atoms with Crippen LogP contribution in [0.5, 0.6) is 0 Å². The number of piperidine rings is 1. The Morgan fingerprint density at radius 2 is 2.31 bits per heavy atom. The van der Waals surface area contributed by atoms with Crippen molar-refractivity contribution in [2.24, 2.45) is 11.7 Å². The van der Waals surface area contributed by atoms with Crippen LogP contribution in [-0.2, 0) is 6.54 Å². The Balaban J connectivity index is 1.95. The standard InChI is InChI=1S/C11H16Br2N2O/c1-7-2-3-15(6-10(7)14)5-8-4-9(12)11(13)16-8/h4,7,10H,2-3,5-6,14H2,1H3. The molecule has 0 amide bonds. The maximum Gasteiger partial charge on any atom is 0.183 e. The predicted molar refractivity (Wildman–Crippen MR) is 71.1 cm³/mol. The fraction of sp³-hybridized carbons (Fsp3) is 0.636. The van der Waals surface area contributed by atoms with Crippen molar-refractivity contribution in [1.82, 2.24) is 4.90 Å². The molecule has 1 aliphatic heterocycles. The van der Waals surface area contributed by atoms with Gasteiger partial charge in [0.25, 0.3) is 0 Å². The number of rotatable bonds is 2. The Kier molecular flexibility index (Phi) is 4.11. The third-order valence-corrected chi connectivity index (χ3v) is 4.89. The largest absolute Gasteiger partial charge is 0.452 e. The molecule has 0 spiro atoms. The molecule has 0 aromatic carbocycles. The third-order valence-electron chi connectivity index (χ3n) is 3.18. The summed E-state index contributed by atoms with van der Waals surface area (Å²) in [7, 11) is 0. The maximum absolute atomic E-state index is 6.07. The highest BCUT2D eigenvalue weighted by Crippen LogP contribution is 2.28. The second-order valence-electron chi connectivity index (χ2n) is 4.50. The van der Waals surface area contributed by atoms with Gasteiger partial charge in [-0.1, -0.05) is 6.92 Å². The summed E-state index contributed by atoms with van der Waals surface area (Å²) < 4.78 is 7.30. The Bertz CT molecular complexity index is 347. The molecule has 1 saturated heterocycles. The lowest BCUT2D eigenvalue weighted by Gasteiger charge is -2.34. The van der Waals surface area contributed by atoms with E-state index in [-0.39, 0.29) is 6.04 Å². The molecule has 5 heteroatoms. The topological polar surface area (TPSA) is 42.4 Å². The summed E-state index contributed by atoms with van der Waals surface area (Å²) in [4.78, 5) is 2.35. The first kappa shape index (κ1) is 12.6. The third kappa shape index (κ3) is 2.88. The minimum atomic E-state index is 0.288. The van der Waals surface area contributed by atoms with E-state index in [4.69, 9.17) is 10.2 Å². The summed E-state index contributed by atoms with van der Waals surface area (Å²) in [6, 6.07) is 2.30. The van der Waals surface area contributed by atoms with Crippen molar-refractivity contribution in [3.8, 4) is 0 Å². The van der Waals surface area contributed by atoms with Gasteiger partial charge >= 0.3 is 0 Å². The van der Waals surface area contributed by atoms with Gasteiger partial charge in [-0.25, -0.2) is 0 Å². The van der Waals surface area contributed by atoms with Crippen LogP contribution in [0.2, 0.25) is 0 Å². The first-order valence-corrected chi connectivity index (χ1v) is 7.06. The predicted octanol–water partition coefficient (Wildman–Crippen LogP) is 2.97. The van der Waals surface area contributed by atoms with Crippen molar-refractivity contribution in [3.05, 3.63) is 21.0 Å². The van der Waals surface area contributed by atoms with E-state index in [9.17, 15) is 0 Å². The quantitative estimate of drug-likeness (QED) is 0.890. The first-order valence-electron chi connectivity index (χ1n) is 5.48. The highest BCUT2D eigenvalue weighted by atomic mass is 79.9. The minimum absolute atomic E-state index is 0.288. The van der Waals surface area contributed by atoms with Gasteiger partial charge in [0, 0.05) is 12.6 Å². The van der Waals surface area contributed by atoms with E-state index >= 15 is 0 Å². The van der Waals surface area contributed by atoms with Gasteiger partial charge in [0.15, 0.2) is 4.67 Å². The highest BCUT2D eigenvalue weighted by Gasteiger charge is 2.23. The van der Waals surface area contributed by atoms with Crippen molar-refractivity contribution in [2.75, 3.05) is 13.1 Å². The molecule has 2 N–H and O–H groups in total.